The van der Waals surface area contributed by atoms with Gasteiger partial charge in [-0.3, -0.25) is 9.20 Å². The fourth-order valence-electron chi connectivity index (χ4n) is 3.84. The Morgan fingerprint density at radius 3 is 2.73 bits per heavy atom. The van der Waals surface area contributed by atoms with E-state index in [-0.39, 0.29) is 11.9 Å². The molecular formula is C23H27N5O2. The molecule has 1 N–H and O–H groups in total. The molecule has 1 amide bonds. The zero-order chi connectivity index (χ0) is 21.1. The molecule has 0 saturated heterocycles. The van der Waals surface area contributed by atoms with Crippen molar-refractivity contribution in [2.75, 3.05) is 13.7 Å². The topological polar surface area (TPSA) is 73.4 Å². The lowest BCUT2D eigenvalue weighted by Gasteiger charge is -2.19. The molecule has 30 heavy (non-hydrogen) atoms. The van der Waals surface area contributed by atoms with Crippen molar-refractivity contribution in [2.24, 2.45) is 5.92 Å². The first kappa shape index (κ1) is 20.1. The number of rotatable bonds is 8. The number of fused-ring (bicyclic) bond motifs is 2. The van der Waals surface area contributed by atoms with E-state index in [1.54, 1.807) is 7.11 Å². The molecule has 0 bridgehead atoms. The van der Waals surface area contributed by atoms with Crippen LogP contribution in [0.1, 0.15) is 42.5 Å². The van der Waals surface area contributed by atoms with Gasteiger partial charge in [0.2, 0.25) is 0 Å². The van der Waals surface area contributed by atoms with Crippen LogP contribution >= 0.6 is 0 Å². The average molecular weight is 406 g/mol. The summed E-state index contributed by atoms with van der Waals surface area (Å²) in [4.78, 5) is 13.4. The van der Waals surface area contributed by atoms with E-state index in [9.17, 15) is 4.79 Å². The van der Waals surface area contributed by atoms with Crippen LogP contribution in [-0.2, 0) is 11.3 Å². The van der Waals surface area contributed by atoms with Gasteiger partial charge >= 0.3 is 0 Å². The van der Waals surface area contributed by atoms with Gasteiger partial charge in [-0.2, -0.15) is 0 Å². The van der Waals surface area contributed by atoms with Crippen LogP contribution in [0.5, 0.6) is 0 Å². The third-order valence-electron chi connectivity index (χ3n) is 5.23. The lowest BCUT2D eigenvalue weighted by Crippen LogP contribution is -2.30. The maximum absolute atomic E-state index is 13.4. The number of hydrogen-bond acceptors (Lipinski definition) is 4. The van der Waals surface area contributed by atoms with Gasteiger partial charge in [0.15, 0.2) is 11.5 Å². The van der Waals surface area contributed by atoms with Crippen molar-refractivity contribution in [2.45, 2.75) is 32.9 Å². The van der Waals surface area contributed by atoms with E-state index < -0.39 is 0 Å². The highest BCUT2D eigenvalue weighted by atomic mass is 16.5. The number of methoxy groups -OCH3 is 1. The predicted molar refractivity (Wildman–Crippen MR) is 116 cm³/mol. The molecule has 4 aromatic rings. The number of carbonyl (C=O) groups excluding carboxylic acids is 1. The number of amides is 1. The molecule has 7 heteroatoms. The van der Waals surface area contributed by atoms with Crippen LogP contribution in [0, 0.1) is 5.92 Å². The molecule has 4 rings (SSSR count). The molecule has 0 radical (unpaired) electrons. The van der Waals surface area contributed by atoms with Crippen molar-refractivity contribution >= 4 is 22.5 Å². The van der Waals surface area contributed by atoms with Crippen LogP contribution in [0.2, 0.25) is 0 Å². The zero-order valence-corrected chi connectivity index (χ0v) is 17.6. The van der Waals surface area contributed by atoms with Gasteiger partial charge in [-0.15, -0.1) is 10.2 Å². The minimum absolute atomic E-state index is 0.110. The quantitative estimate of drug-likeness (QED) is 0.483. The molecule has 0 spiro atoms. The highest BCUT2D eigenvalue weighted by molar-refractivity contribution is 6.07. The van der Waals surface area contributed by atoms with E-state index in [1.807, 2.05) is 59.3 Å². The summed E-state index contributed by atoms with van der Waals surface area (Å²) in [5, 5.41) is 12.8. The Kier molecular flexibility index (Phi) is 5.81. The minimum Gasteiger partial charge on any atom is -0.383 e. The van der Waals surface area contributed by atoms with Gasteiger partial charge in [-0.05, 0) is 30.5 Å². The minimum atomic E-state index is -0.240. The second kappa shape index (κ2) is 8.67. The second-order valence-corrected chi connectivity index (χ2v) is 7.89. The highest BCUT2D eigenvalue weighted by Gasteiger charge is 2.24. The van der Waals surface area contributed by atoms with Crippen LogP contribution in [0.4, 0.5) is 0 Å². The standard InChI is InChI=1S/C23H27N5O2/c1-16(2)14-19(22-26-25-21-10-6-7-11-28(21)22)24-23(29)18-15-27(12-13-30-3)20-9-5-4-8-17(18)20/h4-11,15-16,19H,12-14H2,1-3H3,(H,24,29)/t19-/m1/s1. The van der Waals surface area contributed by atoms with Crippen molar-refractivity contribution in [3.63, 3.8) is 0 Å². The maximum Gasteiger partial charge on any atom is 0.254 e. The fraction of sp³-hybridized carbons (Fsp3) is 0.348. The van der Waals surface area contributed by atoms with Gasteiger partial charge in [0.25, 0.3) is 5.91 Å². The van der Waals surface area contributed by atoms with Gasteiger partial charge in [0.05, 0.1) is 18.2 Å². The summed E-state index contributed by atoms with van der Waals surface area (Å²) in [5.41, 5.74) is 2.45. The van der Waals surface area contributed by atoms with Gasteiger partial charge in [-0.25, -0.2) is 0 Å². The highest BCUT2D eigenvalue weighted by Crippen LogP contribution is 2.25. The molecular weight excluding hydrogens is 378 g/mol. The van der Waals surface area contributed by atoms with E-state index in [0.29, 0.717) is 24.6 Å². The zero-order valence-electron chi connectivity index (χ0n) is 17.6. The number of para-hydroxylation sites is 1. The number of nitrogens with zero attached hydrogens (tertiary/aromatic N) is 4. The van der Waals surface area contributed by atoms with Crippen LogP contribution in [0.25, 0.3) is 16.6 Å². The third kappa shape index (κ3) is 3.93. The maximum atomic E-state index is 13.4. The van der Waals surface area contributed by atoms with E-state index in [1.165, 1.54) is 0 Å². The molecule has 0 aliphatic rings. The number of benzene rings is 1. The Hall–Kier alpha value is -3.19. The molecule has 1 atom stereocenters. The summed E-state index contributed by atoms with van der Waals surface area (Å²) in [6.07, 6.45) is 4.61. The van der Waals surface area contributed by atoms with Gasteiger partial charge in [0.1, 0.15) is 0 Å². The van der Waals surface area contributed by atoms with Crippen LogP contribution in [0.3, 0.4) is 0 Å². The molecule has 7 nitrogen and oxygen atoms in total. The Morgan fingerprint density at radius 2 is 1.93 bits per heavy atom. The molecule has 0 aliphatic carbocycles. The summed E-state index contributed by atoms with van der Waals surface area (Å²) in [5.74, 6) is 1.02. The molecule has 0 aliphatic heterocycles. The first-order valence-electron chi connectivity index (χ1n) is 10.3. The number of aromatic nitrogens is 4. The van der Waals surface area contributed by atoms with Crippen LogP contribution < -0.4 is 5.32 Å². The summed E-state index contributed by atoms with van der Waals surface area (Å²) in [7, 11) is 1.68. The van der Waals surface area contributed by atoms with E-state index in [4.69, 9.17) is 4.74 Å². The number of carbonyl (C=O) groups is 1. The molecule has 156 valence electrons. The molecule has 0 saturated carbocycles. The SMILES string of the molecule is COCCn1cc(C(=O)N[C@H](CC(C)C)c2nnc3ccccn23)c2ccccc21. The Bertz CT molecular complexity index is 1160. The molecule has 1 aromatic carbocycles. The average Bonchev–Trinajstić information content (AvgIpc) is 3.33. The molecule has 3 aromatic heterocycles. The summed E-state index contributed by atoms with van der Waals surface area (Å²) in [6, 6.07) is 13.5. The van der Waals surface area contributed by atoms with Crippen molar-refractivity contribution in [3.05, 3.63) is 66.2 Å². The van der Waals surface area contributed by atoms with Gasteiger partial charge < -0.3 is 14.6 Å². The Labute approximate surface area is 175 Å². The normalized spacial score (nSPS) is 12.7. The van der Waals surface area contributed by atoms with Crippen LogP contribution in [0.15, 0.2) is 54.9 Å². The number of pyridine rings is 1. The van der Waals surface area contributed by atoms with E-state index >= 15 is 0 Å². The third-order valence-corrected chi connectivity index (χ3v) is 5.23. The smallest absolute Gasteiger partial charge is 0.254 e. The Morgan fingerprint density at radius 1 is 1.13 bits per heavy atom. The van der Waals surface area contributed by atoms with E-state index in [0.717, 1.165) is 28.8 Å². The molecule has 0 unspecified atom stereocenters. The first-order chi connectivity index (χ1) is 14.6. The number of nitrogens with one attached hydrogen (secondary N) is 1. The molecule has 0 fully saturated rings. The van der Waals surface area contributed by atoms with Crippen molar-refractivity contribution < 1.29 is 9.53 Å². The fourth-order valence-corrected chi connectivity index (χ4v) is 3.84. The van der Waals surface area contributed by atoms with Crippen LogP contribution in [-0.4, -0.2) is 38.8 Å². The lowest BCUT2D eigenvalue weighted by atomic mass is 10.0. The lowest BCUT2D eigenvalue weighted by molar-refractivity contribution is 0.0931. The van der Waals surface area contributed by atoms with Crippen molar-refractivity contribution in [3.8, 4) is 0 Å². The van der Waals surface area contributed by atoms with Gasteiger partial charge in [0, 0.05) is 37.0 Å². The summed E-state index contributed by atoms with van der Waals surface area (Å²) < 4.78 is 9.23. The van der Waals surface area contributed by atoms with Gasteiger partial charge in [-0.1, -0.05) is 38.1 Å². The monoisotopic (exact) mass is 405 g/mol. The van der Waals surface area contributed by atoms with E-state index in [2.05, 4.69) is 33.9 Å². The summed E-state index contributed by atoms with van der Waals surface area (Å²) in [6.45, 7) is 5.55. The van der Waals surface area contributed by atoms with Crippen molar-refractivity contribution in [1.29, 1.82) is 0 Å². The largest absolute Gasteiger partial charge is 0.383 e. The second-order valence-electron chi connectivity index (χ2n) is 7.89. The Balaban J connectivity index is 1.68. The predicted octanol–water partition coefficient (Wildman–Crippen LogP) is 3.85. The first-order valence-corrected chi connectivity index (χ1v) is 10.3. The summed E-state index contributed by atoms with van der Waals surface area (Å²) >= 11 is 0. The molecule has 3 heterocycles. The number of hydrogen-bond donors (Lipinski definition) is 1. The number of ether oxygens (including phenoxy) is 1. The van der Waals surface area contributed by atoms with Crippen molar-refractivity contribution in [1.82, 2.24) is 24.5 Å².